The van der Waals surface area contributed by atoms with Gasteiger partial charge in [-0.25, -0.2) is 9.59 Å². The Hall–Kier alpha value is -4.34. The van der Waals surface area contributed by atoms with Crippen LogP contribution in [0.4, 0.5) is 9.59 Å². The normalized spacial score (nSPS) is 18.6. The standard InChI is InChI=1S/C38H44ClN5O4/c1-3-43(37(47)48-25-27-10-5-4-6-11-27)31-16-19-42(20-17-31)21-18-38(2,29-12-9-13-30(39)23-29)26-44-35(45)34(41-36(44)46)22-28-24-40-33-15-8-7-14-32(28)33/h4-15,23-24,31,34,40H,3,16-22,25-26H2,1-2H3,(H,41,46)/t34-,38?/m1/s1. The van der Waals surface area contributed by atoms with Gasteiger partial charge in [0.05, 0.1) is 0 Å². The van der Waals surface area contributed by atoms with Crippen LogP contribution in [0, 0.1) is 0 Å². The predicted octanol–water partition coefficient (Wildman–Crippen LogP) is 6.76. The van der Waals surface area contributed by atoms with Crippen molar-refractivity contribution in [1.29, 1.82) is 0 Å². The van der Waals surface area contributed by atoms with Gasteiger partial charge in [0.25, 0.3) is 5.91 Å². The third kappa shape index (κ3) is 7.53. The van der Waals surface area contributed by atoms with E-state index >= 15 is 0 Å². The number of aromatic nitrogens is 1. The fourth-order valence-electron chi connectivity index (χ4n) is 7.11. The number of fused-ring (bicyclic) bond motifs is 1. The van der Waals surface area contributed by atoms with Gasteiger partial charge in [-0.3, -0.25) is 9.69 Å². The molecule has 2 N–H and O–H groups in total. The number of carbonyl (C=O) groups is 3. The highest BCUT2D eigenvalue weighted by molar-refractivity contribution is 6.30. The quantitative estimate of drug-likeness (QED) is 0.163. The van der Waals surface area contributed by atoms with E-state index in [-0.39, 0.29) is 37.2 Å². The summed E-state index contributed by atoms with van der Waals surface area (Å²) in [4.78, 5) is 48.9. The Kier molecular flexibility index (Phi) is 10.4. The summed E-state index contributed by atoms with van der Waals surface area (Å²) in [7, 11) is 0. The first-order chi connectivity index (χ1) is 23.2. The molecule has 252 valence electrons. The number of H-pyrrole nitrogens is 1. The van der Waals surface area contributed by atoms with Crippen LogP contribution in [-0.4, -0.2) is 82.5 Å². The van der Waals surface area contributed by atoms with Crippen LogP contribution >= 0.6 is 11.6 Å². The molecule has 2 saturated heterocycles. The Bertz CT molecular complexity index is 1740. The summed E-state index contributed by atoms with van der Waals surface area (Å²) in [6.07, 6.45) is 4.49. The number of rotatable bonds is 12. The monoisotopic (exact) mass is 669 g/mol. The van der Waals surface area contributed by atoms with E-state index in [9.17, 15) is 14.4 Å². The number of likely N-dealkylation sites (tertiary alicyclic amines) is 1. The summed E-state index contributed by atoms with van der Waals surface area (Å²) < 4.78 is 5.64. The lowest BCUT2D eigenvalue weighted by Gasteiger charge is -2.40. The Balaban J connectivity index is 1.08. The summed E-state index contributed by atoms with van der Waals surface area (Å²) in [6.45, 7) is 7.67. The van der Waals surface area contributed by atoms with Crippen molar-refractivity contribution in [3.8, 4) is 0 Å². The van der Waals surface area contributed by atoms with Gasteiger partial charge in [-0.05, 0) is 67.6 Å². The van der Waals surface area contributed by atoms with Gasteiger partial charge >= 0.3 is 12.1 Å². The minimum atomic E-state index is -0.625. The van der Waals surface area contributed by atoms with Crippen LogP contribution in [0.15, 0.2) is 85.1 Å². The number of carbonyl (C=O) groups excluding carboxylic acids is 3. The molecule has 2 fully saturated rings. The largest absolute Gasteiger partial charge is 0.445 e. The number of ether oxygens (including phenoxy) is 1. The van der Waals surface area contributed by atoms with Crippen LogP contribution in [0.25, 0.3) is 10.9 Å². The molecule has 2 aliphatic rings. The maximum absolute atomic E-state index is 13.7. The lowest BCUT2D eigenvalue weighted by molar-refractivity contribution is -0.128. The van der Waals surface area contributed by atoms with Crippen LogP contribution in [0.3, 0.4) is 0 Å². The van der Waals surface area contributed by atoms with Crippen LogP contribution in [-0.2, 0) is 28.0 Å². The van der Waals surface area contributed by atoms with E-state index in [1.807, 2.05) is 96.9 Å². The molecule has 0 spiro atoms. The molecular weight excluding hydrogens is 626 g/mol. The number of para-hydroxylation sites is 1. The third-order valence-electron chi connectivity index (χ3n) is 9.99. The minimum Gasteiger partial charge on any atom is -0.445 e. The van der Waals surface area contributed by atoms with Crippen molar-refractivity contribution in [2.24, 2.45) is 0 Å². The van der Waals surface area contributed by atoms with E-state index in [2.05, 4.69) is 22.1 Å². The number of hydrogen-bond acceptors (Lipinski definition) is 5. The molecule has 4 amide bonds. The predicted molar refractivity (Wildman–Crippen MR) is 188 cm³/mol. The fourth-order valence-corrected chi connectivity index (χ4v) is 7.30. The highest BCUT2D eigenvalue weighted by atomic mass is 35.5. The molecule has 0 aliphatic carbocycles. The Morgan fingerprint density at radius 3 is 2.52 bits per heavy atom. The van der Waals surface area contributed by atoms with Gasteiger partial charge in [-0.15, -0.1) is 0 Å². The zero-order valence-electron chi connectivity index (χ0n) is 27.7. The second-order valence-corrected chi connectivity index (χ2v) is 13.6. The van der Waals surface area contributed by atoms with Crippen molar-refractivity contribution >= 4 is 40.5 Å². The maximum atomic E-state index is 13.7. The lowest BCUT2D eigenvalue weighted by atomic mass is 9.78. The van der Waals surface area contributed by atoms with E-state index < -0.39 is 11.5 Å². The second kappa shape index (κ2) is 14.8. The first kappa shape index (κ1) is 33.6. The van der Waals surface area contributed by atoms with Crippen molar-refractivity contribution < 1.29 is 19.1 Å². The van der Waals surface area contributed by atoms with Crippen molar-refractivity contribution in [3.63, 3.8) is 0 Å². The molecule has 0 bridgehead atoms. The summed E-state index contributed by atoms with van der Waals surface area (Å²) in [5, 5.41) is 4.61. The van der Waals surface area contributed by atoms with E-state index in [0.717, 1.165) is 66.5 Å². The number of aromatic amines is 1. The van der Waals surface area contributed by atoms with Gasteiger partial charge in [0.15, 0.2) is 0 Å². The molecule has 9 nitrogen and oxygen atoms in total. The second-order valence-electron chi connectivity index (χ2n) is 13.2. The van der Waals surface area contributed by atoms with Gasteiger partial charge in [-0.1, -0.05) is 79.2 Å². The van der Waals surface area contributed by atoms with E-state index in [1.54, 1.807) is 0 Å². The van der Waals surface area contributed by atoms with Crippen molar-refractivity contribution in [1.82, 2.24) is 25.0 Å². The number of urea groups is 1. The smallest absolute Gasteiger partial charge is 0.410 e. The molecule has 6 rings (SSSR count). The van der Waals surface area contributed by atoms with Gasteiger partial charge in [0, 0.05) is 66.2 Å². The minimum absolute atomic E-state index is 0.119. The molecule has 10 heteroatoms. The first-order valence-electron chi connectivity index (χ1n) is 16.9. The van der Waals surface area contributed by atoms with Crippen molar-refractivity contribution in [2.75, 3.05) is 32.7 Å². The average Bonchev–Trinajstić information content (AvgIpc) is 3.63. The molecule has 48 heavy (non-hydrogen) atoms. The molecule has 2 aliphatic heterocycles. The van der Waals surface area contributed by atoms with Gasteiger partial charge in [0.2, 0.25) is 0 Å². The average molecular weight is 670 g/mol. The molecule has 0 radical (unpaired) electrons. The summed E-state index contributed by atoms with van der Waals surface area (Å²) in [5.41, 5.74) is 3.43. The lowest BCUT2D eigenvalue weighted by Crippen LogP contribution is -2.49. The Morgan fingerprint density at radius 2 is 1.77 bits per heavy atom. The van der Waals surface area contributed by atoms with E-state index in [0.29, 0.717) is 18.0 Å². The molecule has 1 aromatic heterocycles. The molecule has 2 atom stereocenters. The van der Waals surface area contributed by atoms with E-state index in [4.69, 9.17) is 16.3 Å². The molecule has 3 aromatic carbocycles. The molecule has 1 unspecified atom stereocenters. The molecule has 4 aromatic rings. The zero-order valence-corrected chi connectivity index (χ0v) is 28.4. The van der Waals surface area contributed by atoms with E-state index in [1.165, 1.54) is 4.90 Å². The summed E-state index contributed by atoms with van der Waals surface area (Å²) in [5.74, 6) is -0.210. The number of halogens is 1. The van der Waals surface area contributed by atoms with Crippen molar-refractivity contribution in [2.45, 2.75) is 63.6 Å². The number of benzene rings is 3. The van der Waals surface area contributed by atoms with Crippen LogP contribution in [0.1, 0.15) is 49.8 Å². The number of imide groups is 1. The third-order valence-corrected chi connectivity index (χ3v) is 10.2. The number of nitrogens with zero attached hydrogens (tertiary/aromatic N) is 3. The highest BCUT2D eigenvalue weighted by Gasteiger charge is 2.43. The number of amides is 4. The van der Waals surface area contributed by atoms with Crippen LogP contribution in [0.2, 0.25) is 5.02 Å². The Labute approximate surface area is 287 Å². The zero-order chi connectivity index (χ0) is 33.7. The summed E-state index contributed by atoms with van der Waals surface area (Å²) >= 11 is 6.45. The Morgan fingerprint density at radius 1 is 1.02 bits per heavy atom. The summed E-state index contributed by atoms with van der Waals surface area (Å²) in [6, 6.07) is 24.6. The topological polar surface area (TPSA) is 98.0 Å². The van der Waals surface area contributed by atoms with Gasteiger partial charge in [0.1, 0.15) is 12.6 Å². The molecule has 3 heterocycles. The van der Waals surface area contributed by atoms with Crippen LogP contribution < -0.4 is 5.32 Å². The van der Waals surface area contributed by atoms with Gasteiger partial charge < -0.3 is 24.8 Å². The molecule has 0 saturated carbocycles. The number of hydrogen-bond donors (Lipinski definition) is 2. The van der Waals surface area contributed by atoms with Crippen molar-refractivity contribution in [3.05, 3.63) is 107 Å². The first-order valence-corrected chi connectivity index (χ1v) is 17.2. The number of piperidine rings is 1. The fraction of sp³-hybridized carbons (Fsp3) is 0.395. The molecular formula is C38H44ClN5O4. The number of nitrogens with one attached hydrogen (secondary N) is 2. The van der Waals surface area contributed by atoms with Crippen LogP contribution in [0.5, 0.6) is 0 Å². The SMILES string of the molecule is CCN(C(=O)OCc1ccccc1)C1CCN(CCC(C)(CN2C(=O)N[C@H](Cc3c[nH]c4ccccc34)C2=O)c2cccc(Cl)c2)CC1. The maximum Gasteiger partial charge on any atom is 0.410 e. The van der Waals surface area contributed by atoms with Gasteiger partial charge in [-0.2, -0.15) is 0 Å². The highest BCUT2D eigenvalue weighted by Crippen LogP contribution is 2.33.